The van der Waals surface area contributed by atoms with Gasteiger partial charge >= 0.3 is 5.97 Å². The van der Waals surface area contributed by atoms with Crippen molar-refractivity contribution in [3.63, 3.8) is 0 Å². The van der Waals surface area contributed by atoms with Gasteiger partial charge < -0.3 is 4.74 Å². The Bertz CT molecular complexity index is 971. The number of rotatable bonds is 5. The molecule has 0 fully saturated rings. The summed E-state index contributed by atoms with van der Waals surface area (Å²) in [5.74, 6) is -0.582. The van der Waals surface area contributed by atoms with E-state index in [1.54, 1.807) is 29.0 Å². The van der Waals surface area contributed by atoms with E-state index in [2.05, 4.69) is 5.10 Å². The summed E-state index contributed by atoms with van der Waals surface area (Å²) in [7, 11) is 0. The molecule has 0 saturated heterocycles. The van der Waals surface area contributed by atoms with Crippen LogP contribution in [0.4, 0.5) is 0 Å². The van der Waals surface area contributed by atoms with E-state index in [1.807, 2.05) is 48.7 Å². The van der Waals surface area contributed by atoms with Crippen LogP contribution in [0.1, 0.15) is 5.56 Å². The molecule has 0 N–H and O–H groups in total. The molecule has 3 aromatic rings. The predicted molar refractivity (Wildman–Crippen MR) is 99.6 cm³/mol. The molecule has 2 aromatic carbocycles. The molecular weight excluding hydrogens is 350 g/mol. The zero-order valence-corrected chi connectivity index (χ0v) is 14.4. The Kier molecular flexibility index (Phi) is 5.47. The molecule has 0 atom stereocenters. The van der Waals surface area contributed by atoms with Gasteiger partial charge in [0, 0.05) is 28.4 Å². The lowest BCUT2D eigenvalue weighted by atomic mass is 10.1. The van der Waals surface area contributed by atoms with Crippen molar-refractivity contribution >= 4 is 23.6 Å². The van der Waals surface area contributed by atoms with Gasteiger partial charge in [0.1, 0.15) is 6.07 Å². The summed E-state index contributed by atoms with van der Waals surface area (Å²) in [5.41, 5.74) is 3.21. The minimum atomic E-state index is -0.582. The summed E-state index contributed by atoms with van der Waals surface area (Å²) in [4.78, 5) is 11.6. The van der Waals surface area contributed by atoms with E-state index < -0.39 is 5.97 Å². The first-order chi connectivity index (χ1) is 12.7. The number of aromatic nitrogens is 2. The van der Waals surface area contributed by atoms with Crippen molar-refractivity contribution in [3.05, 3.63) is 77.5 Å². The molecule has 0 unspecified atom stereocenters. The molecule has 1 heterocycles. The highest BCUT2D eigenvalue weighted by atomic mass is 35.5. The fraction of sp³-hybridized carbons (Fsp3) is 0.0500. The van der Waals surface area contributed by atoms with Crippen molar-refractivity contribution in [1.29, 1.82) is 5.26 Å². The van der Waals surface area contributed by atoms with Crippen LogP contribution in [0.3, 0.4) is 0 Å². The van der Waals surface area contributed by atoms with Crippen molar-refractivity contribution < 1.29 is 9.53 Å². The van der Waals surface area contributed by atoms with Gasteiger partial charge in [0.15, 0.2) is 6.61 Å². The minimum Gasteiger partial charge on any atom is -0.447 e. The molecule has 1 aromatic heterocycles. The Labute approximate surface area is 155 Å². The van der Waals surface area contributed by atoms with Gasteiger partial charge in [-0.25, -0.2) is 9.48 Å². The van der Waals surface area contributed by atoms with E-state index in [9.17, 15) is 4.79 Å². The quantitative estimate of drug-likeness (QED) is 0.501. The zero-order valence-electron chi connectivity index (χ0n) is 13.7. The van der Waals surface area contributed by atoms with Gasteiger partial charge in [0.2, 0.25) is 0 Å². The summed E-state index contributed by atoms with van der Waals surface area (Å²) >= 11 is 5.96. The number of halogens is 1. The average molecular weight is 364 g/mol. The number of hydrogen-bond acceptors (Lipinski definition) is 4. The lowest BCUT2D eigenvalue weighted by molar-refractivity contribution is -0.136. The molecular formula is C20H14ClN3O2. The summed E-state index contributed by atoms with van der Waals surface area (Å²) in [6, 6.07) is 18.7. The summed E-state index contributed by atoms with van der Waals surface area (Å²) in [6.45, 7) is -0.281. The lowest BCUT2D eigenvalue weighted by Crippen LogP contribution is -1.99. The molecule has 3 rings (SSSR count). The average Bonchev–Trinajstić information content (AvgIpc) is 3.10. The van der Waals surface area contributed by atoms with Crippen molar-refractivity contribution in [1.82, 2.24) is 9.78 Å². The number of esters is 1. The number of carbonyl (C=O) groups is 1. The highest BCUT2D eigenvalue weighted by molar-refractivity contribution is 6.30. The normalized spacial score (nSPS) is 10.6. The molecule has 0 bridgehead atoms. The topological polar surface area (TPSA) is 67.9 Å². The Morgan fingerprint density at radius 3 is 2.62 bits per heavy atom. The molecule has 0 aliphatic carbocycles. The smallest absolute Gasteiger partial charge is 0.331 e. The molecule has 0 radical (unpaired) electrons. The Morgan fingerprint density at radius 1 is 1.19 bits per heavy atom. The Balaban J connectivity index is 1.99. The van der Waals surface area contributed by atoms with Crippen LogP contribution in [0.2, 0.25) is 5.02 Å². The summed E-state index contributed by atoms with van der Waals surface area (Å²) in [5, 5.41) is 13.7. The second-order valence-corrected chi connectivity index (χ2v) is 5.76. The van der Waals surface area contributed by atoms with Gasteiger partial charge in [-0.2, -0.15) is 10.4 Å². The third-order valence-corrected chi connectivity index (χ3v) is 3.81. The molecule has 0 aliphatic heterocycles. The van der Waals surface area contributed by atoms with Crippen LogP contribution in [-0.4, -0.2) is 22.4 Å². The maximum Gasteiger partial charge on any atom is 0.331 e. The van der Waals surface area contributed by atoms with Gasteiger partial charge in [0.05, 0.1) is 11.4 Å². The Morgan fingerprint density at radius 2 is 1.92 bits per heavy atom. The van der Waals surface area contributed by atoms with Crippen LogP contribution in [0.5, 0.6) is 0 Å². The summed E-state index contributed by atoms with van der Waals surface area (Å²) in [6.07, 6.45) is 4.73. The van der Waals surface area contributed by atoms with Crippen LogP contribution in [0, 0.1) is 11.3 Å². The molecule has 128 valence electrons. The first-order valence-electron chi connectivity index (χ1n) is 7.80. The van der Waals surface area contributed by atoms with Gasteiger partial charge in [-0.15, -0.1) is 0 Å². The van der Waals surface area contributed by atoms with E-state index in [1.165, 1.54) is 6.08 Å². The number of para-hydroxylation sites is 1. The maximum absolute atomic E-state index is 11.6. The van der Waals surface area contributed by atoms with Gasteiger partial charge in [-0.05, 0) is 30.3 Å². The highest BCUT2D eigenvalue weighted by Crippen LogP contribution is 2.26. The summed E-state index contributed by atoms with van der Waals surface area (Å²) < 4.78 is 6.47. The van der Waals surface area contributed by atoms with E-state index in [4.69, 9.17) is 21.6 Å². The molecule has 0 spiro atoms. The van der Waals surface area contributed by atoms with Crippen molar-refractivity contribution in [2.24, 2.45) is 0 Å². The molecule has 0 amide bonds. The van der Waals surface area contributed by atoms with E-state index >= 15 is 0 Å². The predicted octanol–water partition coefficient (Wildman–Crippen LogP) is 4.27. The molecule has 6 heteroatoms. The van der Waals surface area contributed by atoms with Crippen molar-refractivity contribution in [2.45, 2.75) is 0 Å². The molecule has 0 saturated carbocycles. The number of benzene rings is 2. The third-order valence-electron chi connectivity index (χ3n) is 3.56. The second kappa shape index (κ2) is 8.15. The fourth-order valence-corrected chi connectivity index (χ4v) is 2.49. The molecule has 5 nitrogen and oxygen atoms in total. The van der Waals surface area contributed by atoms with Crippen molar-refractivity contribution in [2.75, 3.05) is 6.61 Å². The molecule has 0 aliphatic rings. The first kappa shape index (κ1) is 17.5. The van der Waals surface area contributed by atoms with Crippen molar-refractivity contribution in [3.8, 4) is 23.0 Å². The minimum absolute atomic E-state index is 0.281. The molecule has 26 heavy (non-hydrogen) atoms. The largest absolute Gasteiger partial charge is 0.447 e. The van der Waals surface area contributed by atoms with Gasteiger partial charge in [-0.3, -0.25) is 0 Å². The third kappa shape index (κ3) is 4.18. The standard InChI is InChI=1S/C20H14ClN3O2/c21-17-9-6-15(7-10-17)20-16(8-11-19(25)26-13-12-22)14-24(23-20)18-4-2-1-3-5-18/h1-11,14H,13H2/b11-8+. The number of ether oxygens (including phenoxy) is 1. The van der Waals surface area contributed by atoms with Crippen LogP contribution in [-0.2, 0) is 9.53 Å². The number of nitrogens with zero attached hydrogens (tertiary/aromatic N) is 3. The first-order valence-corrected chi connectivity index (χ1v) is 8.18. The van der Waals surface area contributed by atoms with Crippen LogP contribution in [0.15, 0.2) is 66.9 Å². The second-order valence-electron chi connectivity index (χ2n) is 5.32. The van der Waals surface area contributed by atoms with Gasteiger partial charge in [0.25, 0.3) is 0 Å². The monoisotopic (exact) mass is 363 g/mol. The van der Waals surface area contributed by atoms with E-state index in [-0.39, 0.29) is 6.61 Å². The number of hydrogen-bond donors (Lipinski definition) is 0. The maximum atomic E-state index is 11.6. The lowest BCUT2D eigenvalue weighted by Gasteiger charge is -2.00. The number of nitriles is 1. The highest BCUT2D eigenvalue weighted by Gasteiger charge is 2.11. The fourth-order valence-electron chi connectivity index (χ4n) is 2.36. The van der Waals surface area contributed by atoms with E-state index in [0.717, 1.165) is 16.8 Å². The van der Waals surface area contributed by atoms with Crippen LogP contribution in [0.25, 0.3) is 23.0 Å². The van der Waals surface area contributed by atoms with Gasteiger partial charge in [-0.1, -0.05) is 41.9 Å². The van der Waals surface area contributed by atoms with E-state index in [0.29, 0.717) is 10.7 Å². The zero-order chi connectivity index (χ0) is 18.4. The van der Waals surface area contributed by atoms with Crippen LogP contribution < -0.4 is 0 Å². The SMILES string of the molecule is N#CCOC(=O)/C=C/c1cn(-c2ccccc2)nc1-c1ccc(Cl)cc1. The number of carbonyl (C=O) groups excluding carboxylic acids is 1. The Hall–Kier alpha value is -3.36. The van der Waals surface area contributed by atoms with Crippen LogP contribution >= 0.6 is 11.6 Å².